The van der Waals surface area contributed by atoms with Crippen LogP contribution in [0.2, 0.25) is 0 Å². The number of rotatable bonds is 10. The van der Waals surface area contributed by atoms with E-state index in [9.17, 15) is 14.4 Å². The number of nitrogens with zero attached hydrogens (tertiary/aromatic N) is 1. The van der Waals surface area contributed by atoms with Crippen molar-refractivity contribution in [2.24, 2.45) is 0 Å². The number of hydrogen-bond acceptors (Lipinski definition) is 4. The lowest BCUT2D eigenvalue weighted by molar-refractivity contribution is -0.149. The van der Waals surface area contributed by atoms with Crippen LogP contribution in [0.5, 0.6) is 0 Å². The maximum atomic E-state index is 14.5. The summed E-state index contributed by atoms with van der Waals surface area (Å²) in [6.45, 7) is 17.0. The summed E-state index contributed by atoms with van der Waals surface area (Å²) in [6, 6.07) is 15.2. The molecule has 3 amide bonds. The average molecular weight is 524 g/mol. The molecule has 0 saturated heterocycles. The Kier molecular flexibility index (Phi) is 10.5. The number of carbonyl (C=O) groups is 3. The number of hydrogen-bond donors (Lipinski definition) is 2. The zero-order valence-corrected chi connectivity index (χ0v) is 24.4. The monoisotopic (exact) mass is 523 g/mol. The van der Waals surface area contributed by atoms with Crippen LogP contribution in [-0.4, -0.2) is 46.0 Å². The molecule has 2 N–H and O–H groups in total. The lowest BCUT2D eigenvalue weighted by Crippen LogP contribution is -2.60. The van der Waals surface area contributed by atoms with Crippen LogP contribution in [0.25, 0.3) is 0 Å². The van der Waals surface area contributed by atoms with Gasteiger partial charge in [-0.1, -0.05) is 67.1 Å². The molecule has 0 bridgehead atoms. The van der Waals surface area contributed by atoms with E-state index in [-0.39, 0.29) is 24.3 Å². The number of aryl methyl sites for hydroxylation is 1. The van der Waals surface area contributed by atoms with Crippen molar-refractivity contribution in [1.82, 2.24) is 15.5 Å². The first-order valence-corrected chi connectivity index (χ1v) is 13.4. The Bertz CT molecular complexity index is 1070. The molecule has 2 unspecified atom stereocenters. The summed E-state index contributed by atoms with van der Waals surface area (Å²) in [4.78, 5) is 42.7. The number of carbonyl (C=O) groups excluding carboxylic acids is 3. The van der Waals surface area contributed by atoms with Crippen LogP contribution < -0.4 is 10.6 Å². The van der Waals surface area contributed by atoms with Gasteiger partial charge in [0.25, 0.3) is 0 Å². The highest BCUT2D eigenvalue weighted by Crippen LogP contribution is 2.33. The largest absolute Gasteiger partial charge is 0.444 e. The fraction of sp³-hybridized carbons (Fsp3) is 0.516. The summed E-state index contributed by atoms with van der Waals surface area (Å²) in [5.41, 5.74) is 1.21. The molecular weight excluding hydrogens is 478 g/mol. The van der Waals surface area contributed by atoms with Crippen LogP contribution in [0.4, 0.5) is 4.79 Å². The number of nitrogens with one attached hydrogen (secondary N) is 2. The Hall–Kier alpha value is -3.35. The van der Waals surface area contributed by atoms with Crippen molar-refractivity contribution in [1.29, 1.82) is 0 Å². The molecule has 0 aliphatic heterocycles. The van der Waals surface area contributed by atoms with Gasteiger partial charge in [-0.15, -0.1) is 0 Å². The quantitative estimate of drug-likeness (QED) is 0.417. The molecule has 2 rings (SSSR count). The van der Waals surface area contributed by atoms with E-state index in [1.165, 1.54) is 0 Å². The highest BCUT2D eigenvalue weighted by molar-refractivity contribution is 5.93. The molecule has 0 saturated carbocycles. The summed E-state index contributed by atoms with van der Waals surface area (Å²) in [7, 11) is 0. The average Bonchev–Trinajstić information content (AvgIpc) is 2.81. The minimum atomic E-state index is -0.946. The number of alkyl carbamates (subject to hydrolysis) is 1. The molecule has 0 radical (unpaired) electrons. The van der Waals surface area contributed by atoms with E-state index >= 15 is 0 Å². The minimum absolute atomic E-state index is 0.114. The predicted molar refractivity (Wildman–Crippen MR) is 152 cm³/mol. The van der Waals surface area contributed by atoms with Crippen LogP contribution in [0.15, 0.2) is 54.6 Å². The van der Waals surface area contributed by atoms with Crippen molar-refractivity contribution in [2.45, 2.75) is 104 Å². The predicted octanol–water partition coefficient (Wildman–Crippen LogP) is 5.71. The zero-order valence-electron chi connectivity index (χ0n) is 24.4. The topological polar surface area (TPSA) is 87.7 Å². The Morgan fingerprint density at radius 1 is 0.895 bits per heavy atom. The number of ether oxygens (including phenoxy) is 1. The van der Waals surface area contributed by atoms with E-state index in [4.69, 9.17) is 4.74 Å². The molecule has 7 heteroatoms. The third kappa shape index (κ3) is 8.89. The van der Waals surface area contributed by atoms with Gasteiger partial charge in [-0.3, -0.25) is 9.59 Å². The molecule has 0 heterocycles. The normalized spacial score (nSPS) is 13.4. The Labute approximate surface area is 228 Å². The summed E-state index contributed by atoms with van der Waals surface area (Å²) in [5.74, 6) is -0.620. The van der Waals surface area contributed by atoms with E-state index in [0.717, 1.165) is 11.1 Å². The molecular formula is C31H45N3O4. The molecule has 0 aliphatic carbocycles. The summed E-state index contributed by atoms with van der Waals surface area (Å²) >= 11 is 0. The van der Waals surface area contributed by atoms with Gasteiger partial charge in [0.2, 0.25) is 11.8 Å². The standard InChI is InChI=1S/C31H45N3O4/c1-10-31(8,9)34(26(27(35)32-21(2)3)24-18-16-22(4)17-19-24)28(36)25(20-23-14-12-11-13-15-23)33-29(37)38-30(5,6)7/h11-19,21,25-26H,10,20H2,1-9H3,(H,32,35)(H,33,37). The van der Waals surface area contributed by atoms with Gasteiger partial charge >= 0.3 is 6.09 Å². The van der Waals surface area contributed by atoms with Gasteiger partial charge in [0, 0.05) is 18.0 Å². The van der Waals surface area contributed by atoms with Gasteiger partial charge in [-0.25, -0.2) is 4.79 Å². The number of benzene rings is 2. The van der Waals surface area contributed by atoms with Crippen molar-refractivity contribution >= 4 is 17.9 Å². The number of amides is 3. The van der Waals surface area contributed by atoms with Crippen LogP contribution in [0, 0.1) is 6.92 Å². The van der Waals surface area contributed by atoms with Gasteiger partial charge in [-0.2, -0.15) is 0 Å². The molecule has 0 aliphatic rings. The van der Waals surface area contributed by atoms with Crippen molar-refractivity contribution in [3.63, 3.8) is 0 Å². The van der Waals surface area contributed by atoms with Gasteiger partial charge in [0.15, 0.2) is 0 Å². The van der Waals surface area contributed by atoms with E-state index in [1.54, 1.807) is 25.7 Å². The van der Waals surface area contributed by atoms with Crippen LogP contribution in [0.3, 0.4) is 0 Å². The Balaban J connectivity index is 2.63. The molecule has 208 valence electrons. The zero-order chi connectivity index (χ0) is 28.7. The van der Waals surface area contributed by atoms with Crippen molar-refractivity contribution < 1.29 is 19.1 Å². The van der Waals surface area contributed by atoms with Crippen LogP contribution in [0.1, 0.15) is 84.5 Å². The fourth-order valence-corrected chi connectivity index (χ4v) is 4.14. The third-order valence-electron chi connectivity index (χ3n) is 6.36. The van der Waals surface area contributed by atoms with E-state index in [1.807, 2.05) is 96.1 Å². The molecule has 0 fully saturated rings. The van der Waals surface area contributed by atoms with Crippen LogP contribution >= 0.6 is 0 Å². The Morgan fingerprint density at radius 3 is 1.97 bits per heavy atom. The second-order valence-corrected chi connectivity index (χ2v) is 11.7. The lowest BCUT2D eigenvalue weighted by atomic mass is 9.91. The molecule has 0 aromatic heterocycles. The maximum Gasteiger partial charge on any atom is 0.408 e. The fourth-order valence-electron chi connectivity index (χ4n) is 4.14. The lowest BCUT2D eigenvalue weighted by Gasteiger charge is -2.44. The third-order valence-corrected chi connectivity index (χ3v) is 6.36. The molecule has 7 nitrogen and oxygen atoms in total. The van der Waals surface area contributed by atoms with Crippen molar-refractivity contribution in [2.75, 3.05) is 0 Å². The van der Waals surface area contributed by atoms with Gasteiger partial charge in [-0.05, 0) is 72.9 Å². The molecule has 2 aromatic carbocycles. The first-order valence-electron chi connectivity index (χ1n) is 13.4. The molecule has 38 heavy (non-hydrogen) atoms. The van der Waals surface area contributed by atoms with E-state index < -0.39 is 29.3 Å². The first-order chi connectivity index (χ1) is 17.6. The molecule has 2 aromatic rings. The summed E-state index contributed by atoms with van der Waals surface area (Å²) in [5, 5.41) is 5.81. The van der Waals surface area contributed by atoms with Gasteiger partial charge < -0.3 is 20.3 Å². The minimum Gasteiger partial charge on any atom is -0.444 e. The SMILES string of the molecule is CCC(C)(C)N(C(=O)C(Cc1ccccc1)NC(=O)OC(C)(C)C)C(C(=O)NC(C)C)c1ccc(C)cc1. The summed E-state index contributed by atoms with van der Waals surface area (Å²) in [6.07, 6.45) is 0.168. The first kappa shape index (κ1) is 30.9. The molecule has 2 atom stereocenters. The highest BCUT2D eigenvalue weighted by atomic mass is 16.6. The van der Waals surface area contributed by atoms with Gasteiger partial charge in [0.05, 0.1) is 0 Å². The molecule has 0 spiro atoms. The second-order valence-electron chi connectivity index (χ2n) is 11.7. The maximum absolute atomic E-state index is 14.5. The smallest absolute Gasteiger partial charge is 0.408 e. The second kappa shape index (κ2) is 12.9. The van der Waals surface area contributed by atoms with Crippen molar-refractivity contribution in [3.05, 3.63) is 71.3 Å². The van der Waals surface area contributed by atoms with Crippen LogP contribution in [-0.2, 0) is 20.7 Å². The van der Waals surface area contributed by atoms with E-state index in [2.05, 4.69) is 10.6 Å². The summed E-state index contributed by atoms with van der Waals surface area (Å²) < 4.78 is 5.51. The van der Waals surface area contributed by atoms with E-state index in [0.29, 0.717) is 12.0 Å². The highest BCUT2D eigenvalue weighted by Gasteiger charge is 2.43. The van der Waals surface area contributed by atoms with Crippen molar-refractivity contribution in [3.8, 4) is 0 Å². The Morgan fingerprint density at radius 2 is 1.47 bits per heavy atom. The van der Waals surface area contributed by atoms with Gasteiger partial charge in [0.1, 0.15) is 17.7 Å².